The number of amides is 1. The van der Waals surface area contributed by atoms with E-state index in [1.807, 2.05) is 0 Å². The first-order valence-corrected chi connectivity index (χ1v) is 14.4. The fourth-order valence-corrected chi connectivity index (χ4v) is 9.42. The summed E-state index contributed by atoms with van der Waals surface area (Å²) in [5, 5.41) is 33.4. The standard InChI is InChI=1S/C29H49NO5/c1-18(6-9-26(35)30-14-4-5-21(33)17-31)22-7-8-23-27-24(11-13-29(22,23)3)28(2)12-10-20(32)15-19(28)16-25(27)34/h18-20,22-25,27,31-32,34H,4-17H2,1-3H3,(H,30,35)/t18-,19+,20-,22-,23+,24+,25+,27+,28+,29-/m1/s1. The maximum atomic E-state index is 12.4. The van der Waals surface area contributed by atoms with Crippen molar-refractivity contribution in [1.29, 1.82) is 0 Å². The number of nitrogens with one attached hydrogen (secondary N) is 1. The predicted octanol–water partition coefficient (Wildman–Crippen LogP) is 3.85. The van der Waals surface area contributed by atoms with E-state index in [2.05, 4.69) is 26.1 Å². The third-order valence-electron chi connectivity index (χ3n) is 11.4. The van der Waals surface area contributed by atoms with E-state index in [0.29, 0.717) is 61.3 Å². The number of rotatable bonds is 9. The summed E-state index contributed by atoms with van der Waals surface area (Å²) in [5.74, 6) is 2.89. The molecule has 0 saturated heterocycles. The molecule has 1 amide bonds. The maximum Gasteiger partial charge on any atom is 0.220 e. The highest BCUT2D eigenvalue weighted by atomic mass is 16.3. The van der Waals surface area contributed by atoms with E-state index in [-0.39, 0.29) is 34.7 Å². The lowest BCUT2D eigenvalue weighted by molar-refractivity contribution is -0.174. The summed E-state index contributed by atoms with van der Waals surface area (Å²) in [6.45, 7) is 7.32. The van der Waals surface area contributed by atoms with E-state index in [9.17, 15) is 19.8 Å². The molecule has 4 fully saturated rings. The van der Waals surface area contributed by atoms with Crippen molar-refractivity contribution in [2.75, 3.05) is 13.2 Å². The minimum absolute atomic E-state index is 0.0536. The number of aliphatic hydroxyl groups excluding tert-OH is 3. The van der Waals surface area contributed by atoms with Gasteiger partial charge in [0.05, 0.1) is 12.2 Å². The van der Waals surface area contributed by atoms with Crippen LogP contribution in [0.15, 0.2) is 0 Å². The number of carbonyl (C=O) groups is 2. The first-order valence-electron chi connectivity index (χ1n) is 14.4. The average molecular weight is 492 g/mol. The molecule has 6 heteroatoms. The van der Waals surface area contributed by atoms with Crippen LogP contribution < -0.4 is 5.32 Å². The first kappa shape index (κ1) is 27.1. The Morgan fingerprint density at radius 3 is 2.43 bits per heavy atom. The second-order valence-corrected chi connectivity index (χ2v) is 13.1. The highest BCUT2D eigenvalue weighted by Gasteiger charge is 2.62. The van der Waals surface area contributed by atoms with E-state index in [4.69, 9.17) is 5.11 Å². The van der Waals surface area contributed by atoms with Gasteiger partial charge in [0.2, 0.25) is 5.91 Å². The summed E-state index contributed by atoms with van der Waals surface area (Å²) in [6.07, 6.45) is 10.4. The molecule has 0 aromatic heterocycles. The zero-order valence-electron chi connectivity index (χ0n) is 22.2. The molecule has 4 aliphatic rings. The Bertz CT molecular complexity index is 772. The Balaban J connectivity index is 1.34. The van der Waals surface area contributed by atoms with E-state index < -0.39 is 6.61 Å². The van der Waals surface area contributed by atoms with Crippen LogP contribution in [0.5, 0.6) is 0 Å². The minimum Gasteiger partial charge on any atom is -0.393 e. The van der Waals surface area contributed by atoms with Crippen LogP contribution in [0.25, 0.3) is 0 Å². The molecule has 4 aliphatic carbocycles. The summed E-state index contributed by atoms with van der Waals surface area (Å²) in [4.78, 5) is 23.6. The summed E-state index contributed by atoms with van der Waals surface area (Å²) in [5.41, 5.74) is 0.494. The summed E-state index contributed by atoms with van der Waals surface area (Å²) >= 11 is 0. The number of carbonyl (C=O) groups excluding carboxylic acids is 2. The molecule has 4 rings (SSSR count). The third-order valence-corrected chi connectivity index (χ3v) is 11.4. The molecule has 6 nitrogen and oxygen atoms in total. The van der Waals surface area contributed by atoms with Gasteiger partial charge in [0.25, 0.3) is 0 Å². The Morgan fingerprint density at radius 2 is 1.69 bits per heavy atom. The lowest BCUT2D eigenvalue weighted by Gasteiger charge is -2.62. The lowest BCUT2D eigenvalue weighted by Crippen LogP contribution is -2.58. The van der Waals surface area contributed by atoms with Crippen LogP contribution in [0.1, 0.15) is 97.8 Å². The van der Waals surface area contributed by atoms with E-state index in [1.165, 1.54) is 25.7 Å². The van der Waals surface area contributed by atoms with Crippen LogP contribution >= 0.6 is 0 Å². The Hall–Kier alpha value is -0.980. The lowest BCUT2D eigenvalue weighted by atomic mass is 9.43. The molecule has 10 atom stereocenters. The van der Waals surface area contributed by atoms with Crippen molar-refractivity contribution in [2.24, 2.45) is 46.3 Å². The monoisotopic (exact) mass is 491 g/mol. The van der Waals surface area contributed by atoms with Crippen LogP contribution in [0.4, 0.5) is 0 Å². The number of hydrogen-bond donors (Lipinski definition) is 4. The van der Waals surface area contributed by atoms with Crippen molar-refractivity contribution >= 4 is 11.7 Å². The van der Waals surface area contributed by atoms with Crippen molar-refractivity contribution in [3.05, 3.63) is 0 Å². The van der Waals surface area contributed by atoms with Gasteiger partial charge >= 0.3 is 0 Å². The smallest absolute Gasteiger partial charge is 0.220 e. The van der Waals surface area contributed by atoms with Gasteiger partial charge in [-0.3, -0.25) is 9.59 Å². The molecule has 0 radical (unpaired) electrons. The molecule has 0 aromatic carbocycles. The average Bonchev–Trinajstić information content (AvgIpc) is 3.18. The molecular weight excluding hydrogens is 442 g/mol. The van der Waals surface area contributed by atoms with Gasteiger partial charge in [-0.25, -0.2) is 0 Å². The molecule has 35 heavy (non-hydrogen) atoms. The fourth-order valence-electron chi connectivity index (χ4n) is 9.42. The number of Topliss-reactive ketones (excluding diaryl/α,β-unsaturated/α-hetero) is 1. The first-order chi connectivity index (χ1) is 16.6. The van der Waals surface area contributed by atoms with Crippen molar-refractivity contribution in [3.63, 3.8) is 0 Å². The Morgan fingerprint density at radius 1 is 0.971 bits per heavy atom. The maximum absolute atomic E-state index is 12.4. The van der Waals surface area contributed by atoms with Gasteiger partial charge in [-0.15, -0.1) is 0 Å². The fraction of sp³-hybridized carbons (Fsp3) is 0.931. The van der Waals surface area contributed by atoms with Crippen LogP contribution in [-0.4, -0.2) is 52.4 Å². The number of aliphatic hydroxyl groups is 3. The Kier molecular flexibility index (Phi) is 8.34. The quantitative estimate of drug-likeness (QED) is 0.367. The Labute approximate surface area is 211 Å². The van der Waals surface area contributed by atoms with Crippen LogP contribution in [0.2, 0.25) is 0 Å². The summed E-state index contributed by atoms with van der Waals surface area (Å²) < 4.78 is 0. The van der Waals surface area contributed by atoms with E-state index >= 15 is 0 Å². The van der Waals surface area contributed by atoms with Crippen molar-refractivity contribution in [2.45, 2.75) is 110 Å². The van der Waals surface area contributed by atoms with Gasteiger partial charge in [-0.05, 0) is 111 Å². The van der Waals surface area contributed by atoms with Crippen LogP contribution in [0, 0.1) is 46.3 Å². The predicted molar refractivity (Wildman–Crippen MR) is 135 cm³/mol. The second kappa shape index (κ2) is 10.8. The second-order valence-electron chi connectivity index (χ2n) is 13.1. The molecule has 0 unspecified atom stereocenters. The number of hydrogen-bond acceptors (Lipinski definition) is 5. The zero-order valence-corrected chi connectivity index (χ0v) is 22.2. The van der Waals surface area contributed by atoms with Gasteiger partial charge in [0.15, 0.2) is 5.78 Å². The van der Waals surface area contributed by atoms with Gasteiger partial charge in [0, 0.05) is 19.4 Å². The van der Waals surface area contributed by atoms with Gasteiger partial charge in [-0.2, -0.15) is 0 Å². The van der Waals surface area contributed by atoms with Crippen molar-refractivity contribution in [1.82, 2.24) is 5.32 Å². The molecule has 0 bridgehead atoms. The van der Waals surface area contributed by atoms with Crippen molar-refractivity contribution < 1.29 is 24.9 Å². The molecule has 0 aromatic rings. The molecule has 0 heterocycles. The molecule has 0 spiro atoms. The number of ketones is 1. The van der Waals surface area contributed by atoms with Gasteiger partial charge in [-0.1, -0.05) is 20.8 Å². The van der Waals surface area contributed by atoms with Crippen LogP contribution in [-0.2, 0) is 9.59 Å². The topological polar surface area (TPSA) is 107 Å². The van der Waals surface area contributed by atoms with Gasteiger partial charge in [0.1, 0.15) is 6.61 Å². The summed E-state index contributed by atoms with van der Waals surface area (Å²) in [6, 6.07) is 0. The normalized spacial score (nSPS) is 43.5. The molecule has 4 saturated carbocycles. The molecule has 200 valence electrons. The summed E-state index contributed by atoms with van der Waals surface area (Å²) in [7, 11) is 0. The van der Waals surface area contributed by atoms with Crippen molar-refractivity contribution in [3.8, 4) is 0 Å². The zero-order chi connectivity index (χ0) is 25.4. The minimum atomic E-state index is -0.422. The number of fused-ring (bicyclic) bond motifs is 5. The largest absolute Gasteiger partial charge is 0.393 e. The van der Waals surface area contributed by atoms with E-state index in [0.717, 1.165) is 32.1 Å². The highest BCUT2D eigenvalue weighted by molar-refractivity contribution is 5.79. The van der Waals surface area contributed by atoms with E-state index in [1.54, 1.807) is 0 Å². The molecule has 0 aliphatic heterocycles. The van der Waals surface area contributed by atoms with Crippen LogP contribution in [0.3, 0.4) is 0 Å². The molecule has 4 N–H and O–H groups in total. The highest BCUT2D eigenvalue weighted by Crippen LogP contribution is 2.68. The van der Waals surface area contributed by atoms with Gasteiger partial charge < -0.3 is 20.6 Å². The molecular formula is C29H49NO5. The SMILES string of the molecule is C[C@H](CCC(=O)NCCCC(=O)CO)[C@H]1CC[C@H]2[C@@H]3[C@@H](O)C[C@@H]4C[C@H](O)CC[C@]4(C)[C@H]3CC[C@]12C. The third kappa shape index (κ3) is 5.22.